The molecule has 4 unspecified atom stereocenters. The number of fused-ring (bicyclic) bond motifs is 6. The van der Waals surface area contributed by atoms with Gasteiger partial charge in [-0.2, -0.15) is 0 Å². The molecule has 3 aliphatic rings. The van der Waals surface area contributed by atoms with E-state index < -0.39 is 0 Å². The average Bonchev–Trinajstić information content (AvgIpc) is 3.01. The molecular formula is C37H37N2O+. The molecule has 0 aliphatic carbocycles. The maximum atomic E-state index is 6.80. The van der Waals surface area contributed by atoms with Gasteiger partial charge in [-0.05, 0) is 51.2 Å². The zero-order valence-corrected chi connectivity index (χ0v) is 23.1. The smallest absolute Gasteiger partial charge is 0.135 e. The fourth-order valence-corrected chi connectivity index (χ4v) is 7.90. The summed E-state index contributed by atoms with van der Waals surface area (Å²) in [5.41, 5.74) is 3.74. The van der Waals surface area contributed by atoms with Crippen LogP contribution in [0.3, 0.4) is 0 Å². The summed E-state index contributed by atoms with van der Waals surface area (Å²) in [5.74, 6) is 1.18. The van der Waals surface area contributed by atoms with Gasteiger partial charge < -0.3 is 9.22 Å². The number of piperidine rings is 3. The van der Waals surface area contributed by atoms with Crippen molar-refractivity contribution in [1.29, 1.82) is 0 Å². The molecule has 5 atom stereocenters. The number of ether oxygens (including phenoxy) is 1. The van der Waals surface area contributed by atoms with Gasteiger partial charge >= 0.3 is 0 Å². The van der Waals surface area contributed by atoms with Gasteiger partial charge in [0.1, 0.15) is 18.7 Å². The summed E-state index contributed by atoms with van der Waals surface area (Å²) in [4.78, 5) is 4.68. The standard InChI is InChI=1S/C37H37N2O/c1-3-21-40-37(33-17-19-38-35-16-10-9-15-32(33)35)36-23-27-18-20-39(36,24-26(27)4-2)25-34-30-13-7-5-11-28(30)22-29-12-6-8-14-31(29)34/h3-17,19,22,26-27,36-37H,1-2,18,20-21,23-25H2/q+1/t26?,27?,36?,37-,39?/m0/s1. The number of rotatable bonds is 8. The Balaban J connectivity index is 1.41. The summed E-state index contributed by atoms with van der Waals surface area (Å²) in [6, 6.07) is 31.2. The van der Waals surface area contributed by atoms with Gasteiger partial charge in [0.05, 0.1) is 25.2 Å². The molecule has 8 rings (SSSR count). The van der Waals surface area contributed by atoms with Crippen molar-refractivity contribution in [2.75, 3.05) is 19.7 Å². The Bertz CT molecular complexity index is 1670. The van der Waals surface area contributed by atoms with Crippen LogP contribution in [0.5, 0.6) is 0 Å². The highest BCUT2D eigenvalue weighted by atomic mass is 16.5. The van der Waals surface area contributed by atoms with Gasteiger partial charge in [-0.25, -0.2) is 0 Å². The number of quaternary nitrogens is 1. The fourth-order valence-electron chi connectivity index (χ4n) is 7.90. The third kappa shape index (κ3) is 4.16. The van der Waals surface area contributed by atoms with E-state index >= 15 is 0 Å². The average molecular weight is 526 g/mol. The van der Waals surface area contributed by atoms with Gasteiger partial charge in [-0.3, -0.25) is 4.98 Å². The van der Waals surface area contributed by atoms with Crippen molar-refractivity contribution in [3.63, 3.8) is 0 Å². The minimum absolute atomic E-state index is 0.0410. The zero-order valence-electron chi connectivity index (χ0n) is 23.1. The molecule has 3 aliphatic heterocycles. The highest BCUT2D eigenvalue weighted by molar-refractivity contribution is 6.02. The Morgan fingerprint density at radius 1 is 0.900 bits per heavy atom. The molecule has 1 aromatic heterocycles. The third-order valence-corrected chi connectivity index (χ3v) is 9.76. The van der Waals surface area contributed by atoms with Gasteiger partial charge in [0.25, 0.3) is 0 Å². The molecule has 0 N–H and O–H groups in total. The van der Waals surface area contributed by atoms with Crippen LogP contribution < -0.4 is 0 Å². The van der Waals surface area contributed by atoms with E-state index in [1.165, 1.54) is 44.5 Å². The minimum Gasteiger partial charge on any atom is -0.363 e. The van der Waals surface area contributed by atoms with Gasteiger partial charge in [0.15, 0.2) is 0 Å². The van der Waals surface area contributed by atoms with Crippen LogP contribution in [0.1, 0.15) is 30.1 Å². The zero-order chi connectivity index (χ0) is 27.1. The lowest BCUT2D eigenvalue weighted by molar-refractivity contribution is -0.984. The van der Waals surface area contributed by atoms with Crippen molar-refractivity contribution < 1.29 is 9.22 Å². The van der Waals surface area contributed by atoms with E-state index in [2.05, 4.69) is 109 Å². The first-order chi connectivity index (χ1) is 19.7. The van der Waals surface area contributed by atoms with Crippen molar-refractivity contribution in [1.82, 2.24) is 4.98 Å². The molecule has 3 saturated heterocycles. The number of benzene rings is 4. The molecular weight excluding hydrogens is 488 g/mol. The molecule has 0 saturated carbocycles. The topological polar surface area (TPSA) is 22.1 Å². The van der Waals surface area contributed by atoms with Crippen LogP contribution in [0.15, 0.2) is 116 Å². The van der Waals surface area contributed by atoms with Crippen molar-refractivity contribution >= 4 is 32.4 Å². The number of para-hydroxylation sites is 1. The van der Waals surface area contributed by atoms with E-state index in [9.17, 15) is 0 Å². The van der Waals surface area contributed by atoms with Crippen LogP contribution in [-0.2, 0) is 11.3 Å². The Hall–Kier alpha value is -3.79. The number of hydrogen-bond donors (Lipinski definition) is 0. The summed E-state index contributed by atoms with van der Waals surface area (Å²) in [5, 5.41) is 6.56. The molecule has 0 spiro atoms. The maximum absolute atomic E-state index is 6.80. The second-order valence-corrected chi connectivity index (χ2v) is 11.8. The monoisotopic (exact) mass is 525 g/mol. The van der Waals surface area contributed by atoms with Crippen molar-refractivity contribution in [2.45, 2.75) is 31.5 Å². The Morgan fingerprint density at radius 3 is 2.33 bits per heavy atom. The second-order valence-electron chi connectivity index (χ2n) is 11.8. The molecule has 0 radical (unpaired) electrons. The Labute approximate surface area is 237 Å². The van der Waals surface area contributed by atoms with Crippen molar-refractivity contribution in [3.8, 4) is 0 Å². The van der Waals surface area contributed by atoms with Crippen molar-refractivity contribution in [3.05, 3.63) is 128 Å². The molecule has 3 fully saturated rings. The predicted molar refractivity (Wildman–Crippen MR) is 166 cm³/mol. The third-order valence-electron chi connectivity index (χ3n) is 9.76. The molecule has 4 aromatic carbocycles. The van der Waals surface area contributed by atoms with E-state index in [1.54, 1.807) is 0 Å². The van der Waals surface area contributed by atoms with Crippen LogP contribution in [-0.4, -0.2) is 35.2 Å². The Kier molecular flexibility index (Phi) is 6.50. The van der Waals surface area contributed by atoms with E-state index in [0.29, 0.717) is 24.5 Å². The van der Waals surface area contributed by atoms with Crippen LogP contribution in [0.4, 0.5) is 0 Å². The molecule has 4 heterocycles. The first-order valence-electron chi connectivity index (χ1n) is 14.6. The highest BCUT2D eigenvalue weighted by Crippen LogP contribution is 2.50. The first kappa shape index (κ1) is 25.2. The number of pyridine rings is 1. The molecule has 2 bridgehead atoms. The van der Waals surface area contributed by atoms with Gasteiger partial charge in [0.2, 0.25) is 0 Å². The number of hydrogen-bond acceptors (Lipinski definition) is 2. The van der Waals surface area contributed by atoms with E-state index in [-0.39, 0.29) is 6.10 Å². The number of nitrogens with zero attached hydrogens (tertiary/aromatic N) is 2. The highest BCUT2D eigenvalue weighted by Gasteiger charge is 2.54. The summed E-state index contributed by atoms with van der Waals surface area (Å²) in [6.45, 7) is 12.1. The lowest BCUT2D eigenvalue weighted by atomic mass is 9.70. The molecule has 3 nitrogen and oxygen atoms in total. The summed E-state index contributed by atoms with van der Waals surface area (Å²) in [6.07, 6.45) is 8.41. The minimum atomic E-state index is -0.0410. The molecule has 5 aromatic rings. The molecule has 3 heteroatoms. The lowest BCUT2D eigenvalue weighted by Gasteiger charge is -2.58. The van der Waals surface area contributed by atoms with Crippen LogP contribution in [0.25, 0.3) is 32.4 Å². The van der Waals surface area contributed by atoms with Crippen LogP contribution in [0.2, 0.25) is 0 Å². The summed E-state index contributed by atoms with van der Waals surface area (Å²) in [7, 11) is 0. The van der Waals surface area contributed by atoms with Crippen LogP contribution >= 0.6 is 0 Å². The summed E-state index contributed by atoms with van der Waals surface area (Å²) >= 11 is 0. The molecule has 200 valence electrons. The predicted octanol–water partition coefficient (Wildman–Crippen LogP) is 8.40. The number of aromatic nitrogens is 1. The largest absolute Gasteiger partial charge is 0.363 e. The molecule has 0 amide bonds. The fraction of sp³-hybridized carbons (Fsp3) is 0.270. The van der Waals surface area contributed by atoms with E-state index in [1.807, 2.05) is 12.3 Å². The van der Waals surface area contributed by atoms with E-state index in [0.717, 1.165) is 36.1 Å². The SMILES string of the molecule is C=CCO[C@@H](c1ccnc2ccccc12)C1CC2CC[N+]1(Cc1c3ccccc3cc3ccccc13)CC2C=C. The van der Waals surface area contributed by atoms with Gasteiger partial charge in [-0.15, -0.1) is 13.2 Å². The summed E-state index contributed by atoms with van der Waals surface area (Å²) < 4.78 is 7.81. The Morgan fingerprint density at radius 2 is 1.60 bits per heavy atom. The normalized spacial score (nSPS) is 24.9. The maximum Gasteiger partial charge on any atom is 0.135 e. The quantitative estimate of drug-likeness (QED) is 0.115. The lowest BCUT2D eigenvalue weighted by Crippen LogP contribution is -2.67. The second kappa shape index (κ2) is 10.3. The molecule has 40 heavy (non-hydrogen) atoms. The van der Waals surface area contributed by atoms with E-state index in [4.69, 9.17) is 4.74 Å². The first-order valence-corrected chi connectivity index (χ1v) is 14.6. The van der Waals surface area contributed by atoms with Gasteiger partial charge in [-0.1, -0.05) is 78.9 Å². The van der Waals surface area contributed by atoms with Gasteiger partial charge in [0, 0.05) is 35.9 Å². The van der Waals surface area contributed by atoms with Crippen molar-refractivity contribution in [2.24, 2.45) is 11.8 Å². The van der Waals surface area contributed by atoms with Crippen LogP contribution in [0, 0.1) is 11.8 Å².